The molecule has 1 aromatic heterocycles. The number of carbonyl (C=O) groups excluding carboxylic acids is 1. The number of fused-ring (bicyclic) bond motifs is 1. The molecule has 2 aromatic rings. The third kappa shape index (κ3) is 4.00. The van der Waals surface area contributed by atoms with E-state index in [-0.39, 0.29) is 22.3 Å². The van der Waals surface area contributed by atoms with E-state index in [1.54, 1.807) is 25.2 Å². The summed E-state index contributed by atoms with van der Waals surface area (Å²) in [5.74, 6) is -0.299. The molecule has 26 heavy (non-hydrogen) atoms. The van der Waals surface area contributed by atoms with Crippen LogP contribution < -0.4 is 16.0 Å². The van der Waals surface area contributed by atoms with Crippen molar-refractivity contribution in [3.8, 4) is 0 Å². The summed E-state index contributed by atoms with van der Waals surface area (Å²) in [5, 5.41) is 12.2. The number of aryl methyl sites for hydroxylation is 2. The van der Waals surface area contributed by atoms with Crippen molar-refractivity contribution in [3.63, 3.8) is 0 Å². The number of carbonyl (C=O) groups is 1. The lowest BCUT2D eigenvalue weighted by atomic mass is 9.86. The van der Waals surface area contributed by atoms with Crippen molar-refractivity contribution in [2.75, 3.05) is 0 Å². The van der Waals surface area contributed by atoms with E-state index in [2.05, 4.69) is 10.4 Å². The monoisotopic (exact) mass is 376 g/mol. The molecular weight excluding hydrogens is 356 g/mol. The lowest BCUT2D eigenvalue weighted by Crippen LogP contribution is -2.35. The van der Waals surface area contributed by atoms with Crippen molar-refractivity contribution < 1.29 is 13.2 Å². The van der Waals surface area contributed by atoms with Gasteiger partial charge in [-0.1, -0.05) is 12.1 Å². The van der Waals surface area contributed by atoms with Crippen LogP contribution in [0.1, 0.15) is 23.2 Å². The molecule has 0 saturated heterocycles. The van der Waals surface area contributed by atoms with Gasteiger partial charge in [0.2, 0.25) is 15.9 Å². The standard InChI is InChI=1S/C17H20N4O4S/c1-21-16(22)9-13-8-12(4-7-15(13)20-21)17(23)19-10-11-2-5-14(6-3-11)26(18,24)25/h2-3,5-6,9,12H,4,7-8,10H2,1H3,(H,19,23)(H2,18,24,25). The average molecular weight is 376 g/mol. The van der Waals surface area contributed by atoms with Crippen LogP contribution >= 0.6 is 0 Å². The number of primary sulfonamides is 1. The first-order chi connectivity index (χ1) is 12.2. The Bertz CT molecular complexity index is 996. The molecule has 0 fully saturated rings. The Morgan fingerprint density at radius 2 is 2.04 bits per heavy atom. The van der Waals surface area contributed by atoms with Crippen molar-refractivity contribution >= 4 is 15.9 Å². The number of amides is 1. The molecule has 0 radical (unpaired) electrons. The van der Waals surface area contributed by atoms with E-state index in [1.807, 2.05) is 0 Å². The van der Waals surface area contributed by atoms with Gasteiger partial charge >= 0.3 is 0 Å². The van der Waals surface area contributed by atoms with Crippen LogP contribution in [-0.2, 0) is 41.3 Å². The normalized spacial score (nSPS) is 16.8. The molecule has 0 saturated carbocycles. The van der Waals surface area contributed by atoms with Gasteiger partial charge in [-0.15, -0.1) is 0 Å². The Hall–Kier alpha value is -2.52. The largest absolute Gasteiger partial charge is 0.352 e. The molecule has 1 aliphatic carbocycles. The Balaban J connectivity index is 1.62. The molecular formula is C17H20N4O4S. The first-order valence-corrected chi connectivity index (χ1v) is 9.74. The maximum absolute atomic E-state index is 12.4. The molecule has 3 N–H and O–H groups in total. The number of nitrogens with zero attached hydrogens (tertiary/aromatic N) is 2. The predicted octanol–water partition coefficient (Wildman–Crippen LogP) is -0.151. The topological polar surface area (TPSA) is 124 Å². The molecule has 1 aromatic carbocycles. The second-order valence-electron chi connectivity index (χ2n) is 6.42. The van der Waals surface area contributed by atoms with Crippen molar-refractivity contribution in [1.82, 2.24) is 15.1 Å². The van der Waals surface area contributed by atoms with Gasteiger partial charge in [-0.05, 0) is 42.5 Å². The minimum Gasteiger partial charge on any atom is -0.352 e. The molecule has 3 rings (SSSR count). The van der Waals surface area contributed by atoms with E-state index in [0.29, 0.717) is 25.8 Å². The SMILES string of the molecule is Cn1nc2c(cc1=O)CC(C(=O)NCc1ccc(S(N)(=O)=O)cc1)CC2. The first kappa shape index (κ1) is 18.3. The zero-order valence-corrected chi connectivity index (χ0v) is 15.1. The predicted molar refractivity (Wildman–Crippen MR) is 94.7 cm³/mol. The Labute approximate surface area is 151 Å². The van der Waals surface area contributed by atoms with Gasteiger partial charge in [0.25, 0.3) is 5.56 Å². The van der Waals surface area contributed by atoms with E-state index < -0.39 is 10.0 Å². The molecule has 1 amide bonds. The number of hydrogen-bond donors (Lipinski definition) is 2. The van der Waals surface area contributed by atoms with E-state index in [4.69, 9.17) is 5.14 Å². The highest BCUT2D eigenvalue weighted by molar-refractivity contribution is 7.89. The molecule has 1 atom stereocenters. The van der Waals surface area contributed by atoms with Gasteiger partial charge in [0.1, 0.15) is 0 Å². The van der Waals surface area contributed by atoms with Crippen LogP contribution in [0.25, 0.3) is 0 Å². The zero-order valence-electron chi connectivity index (χ0n) is 14.3. The summed E-state index contributed by atoms with van der Waals surface area (Å²) in [6, 6.07) is 7.60. The fourth-order valence-corrected chi connectivity index (χ4v) is 3.56. The van der Waals surface area contributed by atoms with Gasteiger partial charge < -0.3 is 5.32 Å². The Kier molecular flexibility index (Phi) is 4.92. The smallest absolute Gasteiger partial charge is 0.266 e. The molecule has 0 bridgehead atoms. The second kappa shape index (κ2) is 7.00. The summed E-state index contributed by atoms with van der Waals surface area (Å²) >= 11 is 0. The summed E-state index contributed by atoms with van der Waals surface area (Å²) in [6.07, 6.45) is 1.83. The second-order valence-corrected chi connectivity index (χ2v) is 7.99. The van der Waals surface area contributed by atoms with Gasteiger partial charge in [-0.25, -0.2) is 18.2 Å². The van der Waals surface area contributed by atoms with Gasteiger partial charge in [0.15, 0.2) is 0 Å². The quantitative estimate of drug-likeness (QED) is 0.768. The van der Waals surface area contributed by atoms with Crippen molar-refractivity contribution in [2.24, 2.45) is 18.1 Å². The Morgan fingerprint density at radius 3 is 2.69 bits per heavy atom. The van der Waals surface area contributed by atoms with Gasteiger partial charge in [-0.3, -0.25) is 9.59 Å². The highest BCUT2D eigenvalue weighted by Crippen LogP contribution is 2.23. The highest BCUT2D eigenvalue weighted by Gasteiger charge is 2.26. The van der Waals surface area contributed by atoms with Crippen molar-refractivity contribution in [2.45, 2.75) is 30.7 Å². The molecule has 9 heteroatoms. The van der Waals surface area contributed by atoms with Crippen LogP contribution in [-0.4, -0.2) is 24.1 Å². The number of nitrogens with two attached hydrogens (primary N) is 1. The fraction of sp³-hybridized carbons (Fsp3) is 0.353. The number of sulfonamides is 1. The van der Waals surface area contributed by atoms with E-state index >= 15 is 0 Å². The third-order valence-corrected chi connectivity index (χ3v) is 5.47. The van der Waals surface area contributed by atoms with Gasteiger partial charge in [-0.2, -0.15) is 5.10 Å². The number of aromatic nitrogens is 2. The van der Waals surface area contributed by atoms with Crippen LogP contribution in [0.15, 0.2) is 40.0 Å². The lowest BCUT2D eigenvalue weighted by molar-refractivity contribution is -0.125. The number of hydrogen-bond acceptors (Lipinski definition) is 5. The average Bonchev–Trinajstić information content (AvgIpc) is 2.60. The van der Waals surface area contributed by atoms with E-state index in [0.717, 1.165) is 16.8 Å². The minimum atomic E-state index is -3.72. The van der Waals surface area contributed by atoms with Crippen LogP contribution in [0, 0.1) is 5.92 Å². The molecule has 138 valence electrons. The maximum atomic E-state index is 12.4. The minimum absolute atomic E-state index is 0.0329. The summed E-state index contributed by atoms with van der Waals surface area (Å²) in [6.45, 7) is 0.294. The summed E-state index contributed by atoms with van der Waals surface area (Å²) in [5.41, 5.74) is 2.30. The summed E-state index contributed by atoms with van der Waals surface area (Å²) < 4.78 is 23.8. The van der Waals surface area contributed by atoms with E-state index in [1.165, 1.54) is 16.8 Å². The lowest BCUT2D eigenvalue weighted by Gasteiger charge is -2.23. The van der Waals surface area contributed by atoms with Crippen LogP contribution in [0.4, 0.5) is 0 Å². The maximum Gasteiger partial charge on any atom is 0.266 e. The molecule has 8 nitrogen and oxygen atoms in total. The van der Waals surface area contributed by atoms with Gasteiger partial charge in [0, 0.05) is 25.6 Å². The van der Waals surface area contributed by atoms with Crippen molar-refractivity contribution in [1.29, 1.82) is 0 Å². The first-order valence-electron chi connectivity index (χ1n) is 8.19. The van der Waals surface area contributed by atoms with Crippen LogP contribution in [0.5, 0.6) is 0 Å². The van der Waals surface area contributed by atoms with E-state index in [9.17, 15) is 18.0 Å². The zero-order chi connectivity index (χ0) is 18.9. The summed E-state index contributed by atoms with van der Waals surface area (Å²) in [7, 11) is -2.11. The van der Waals surface area contributed by atoms with Crippen LogP contribution in [0.2, 0.25) is 0 Å². The fourth-order valence-electron chi connectivity index (χ4n) is 3.04. The number of benzene rings is 1. The molecule has 1 unspecified atom stereocenters. The molecule has 0 spiro atoms. The van der Waals surface area contributed by atoms with Gasteiger partial charge in [0.05, 0.1) is 10.6 Å². The van der Waals surface area contributed by atoms with Crippen molar-refractivity contribution in [3.05, 3.63) is 57.5 Å². The Morgan fingerprint density at radius 1 is 1.35 bits per heavy atom. The number of rotatable bonds is 4. The van der Waals surface area contributed by atoms with Crippen LogP contribution in [0.3, 0.4) is 0 Å². The number of nitrogens with one attached hydrogen (secondary N) is 1. The summed E-state index contributed by atoms with van der Waals surface area (Å²) in [4.78, 5) is 24.2. The third-order valence-electron chi connectivity index (χ3n) is 4.54. The molecule has 0 aliphatic heterocycles. The highest BCUT2D eigenvalue weighted by atomic mass is 32.2. The molecule has 1 heterocycles. The molecule has 1 aliphatic rings.